The molecule has 0 unspecified atom stereocenters. The van der Waals surface area contributed by atoms with Gasteiger partial charge in [0.25, 0.3) is 0 Å². The van der Waals surface area contributed by atoms with E-state index in [4.69, 9.17) is 4.74 Å². The first-order valence-corrected chi connectivity index (χ1v) is 7.97. The number of para-hydroxylation sites is 1. The van der Waals surface area contributed by atoms with Crippen molar-refractivity contribution >= 4 is 11.9 Å². The number of amides is 3. The molecule has 1 aromatic rings. The summed E-state index contributed by atoms with van der Waals surface area (Å²) in [6.45, 7) is 5.74. The van der Waals surface area contributed by atoms with E-state index in [1.54, 1.807) is 11.9 Å². The number of carbonyl (C=O) groups is 2. The molecule has 1 aliphatic heterocycles. The average Bonchev–Trinajstić information content (AvgIpc) is 2.48. The first-order valence-electron chi connectivity index (χ1n) is 7.97. The second-order valence-electron chi connectivity index (χ2n) is 5.87. The fourth-order valence-electron chi connectivity index (χ4n) is 2.51. The first kappa shape index (κ1) is 17.1. The summed E-state index contributed by atoms with van der Waals surface area (Å²) in [6.07, 6.45) is 1.11. The van der Waals surface area contributed by atoms with Crippen LogP contribution in [0.15, 0.2) is 18.2 Å². The van der Waals surface area contributed by atoms with Crippen molar-refractivity contribution in [3.05, 3.63) is 29.3 Å². The third-order valence-electron chi connectivity index (χ3n) is 3.96. The molecule has 0 aromatic heterocycles. The Bertz CT molecular complexity index is 548. The van der Waals surface area contributed by atoms with Crippen LogP contribution in [-0.4, -0.2) is 49.6 Å². The highest BCUT2D eigenvalue weighted by atomic mass is 16.5. The van der Waals surface area contributed by atoms with Crippen LogP contribution in [0.3, 0.4) is 0 Å². The fraction of sp³-hybridized carbons (Fsp3) is 0.529. The van der Waals surface area contributed by atoms with Crippen LogP contribution in [-0.2, 0) is 4.79 Å². The highest BCUT2D eigenvalue weighted by molar-refractivity contribution is 5.76. The molecular formula is C17H25N3O3. The van der Waals surface area contributed by atoms with Gasteiger partial charge in [-0.1, -0.05) is 18.2 Å². The zero-order valence-corrected chi connectivity index (χ0v) is 14.0. The summed E-state index contributed by atoms with van der Waals surface area (Å²) in [5, 5.41) is 5.38. The van der Waals surface area contributed by atoms with Crippen molar-refractivity contribution in [1.29, 1.82) is 0 Å². The van der Waals surface area contributed by atoms with E-state index in [-0.39, 0.29) is 18.0 Å². The number of nitrogens with one attached hydrogen (secondary N) is 2. The molecule has 1 heterocycles. The maximum Gasteiger partial charge on any atom is 0.317 e. The van der Waals surface area contributed by atoms with Crippen molar-refractivity contribution in [2.75, 3.05) is 26.7 Å². The number of ether oxygens (including phenoxy) is 1. The molecule has 3 amide bonds. The predicted molar refractivity (Wildman–Crippen MR) is 88.6 cm³/mol. The largest absolute Gasteiger partial charge is 0.486 e. The molecule has 1 aromatic carbocycles. The van der Waals surface area contributed by atoms with Crippen LogP contribution in [0.4, 0.5) is 4.79 Å². The Kier molecular flexibility index (Phi) is 5.84. The number of benzene rings is 1. The third kappa shape index (κ3) is 4.61. The van der Waals surface area contributed by atoms with Crippen molar-refractivity contribution in [3.63, 3.8) is 0 Å². The Balaban J connectivity index is 1.68. The molecule has 0 spiro atoms. The fourth-order valence-corrected chi connectivity index (χ4v) is 2.51. The molecule has 1 fully saturated rings. The van der Waals surface area contributed by atoms with Crippen LogP contribution in [0.2, 0.25) is 0 Å². The van der Waals surface area contributed by atoms with Gasteiger partial charge < -0.3 is 20.3 Å². The summed E-state index contributed by atoms with van der Waals surface area (Å²) >= 11 is 0. The van der Waals surface area contributed by atoms with Gasteiger partial charge in [-0.15, -0.1) is 0 Å². The Labute approximate surface area is 137 Å². The van der Waals surface area contributed by atoms with Gasteiger partial charge in [0.05, 0.1) is 13.1 Å². The number of likely N-dealkylation sites (tertiary alicyclic amines) is 1. The van der Waals surface area contributed by atoms with E-state index in [2.05, 4.69) is 10.6 Å². The summed E-state index contributed by atoms with van der Waals surface area (Å²) in [5.74, 6) is 0.911. The molecule has 0 aliphatic carbocycles. The van der Waals surface area contributed by atoms with E-state index in [1.807, 2.05) is 32.0 Å². The topological polar surface area (TPSA) is 70.7 Å². The summed E-state index contributed by atoms with van der Waals surface area (Å²) in [6, 6.07) is 5.97. The van der Waals surface area contributed by atoms with Crippen LogP contribution < -0.4 is 15.4 Å². The monoisotopic (exact) mass is 319 g/mol. The molecule has 0 saturated carbocycles. The van der Waals surface area contributed by atoms with Gasteiger partial charge in [0, 0.05) is 20.0 Å². The lowest BCUT2D eigenvalue weighted by Gasteiger charge is -2.39. The van der Waals surface area contributed by atoms with Crippen LogP contribution in [0.5, 0.6) is 5.75 Å². The molecule has 126 valence electrons. The minimum atomic E-state index is -0.0942. The molecule has 0 radical (unpaired) electrons. The van der Waals surface area contributed by atoms with Gasteiger partial charge in [-0.2, -0.15) is 0 Å². The maximum absolute atomic E-state index is 11.9. The maximum atomic E-state index is 11.9. The van der Waals surface area contributed by atoms with E-state index >= 15 is 0 Å². The summed E-state index contributed by atoms with van der Waals surface area (Å²) < 4.78 is 5.99. The molecule has 6 nitrogen and oxygen atoms in total. The quantitative estimate of drug-likeness (QED) is 0.783. The summed E-state index contributed by atoms with van der Waals surface area (Å²) in [4.78, 5) is 24.7. The van der Waals surface area contributed by atoms with Gasteiger partial charge in [-0.3, -0.25) is 4.79 Å². The second-order valence-corrected chi connectivity index (χ2v) is 5.87. The Hall–Kier alpha value is -2.24. The number of aryl methyl sites for hydroxylation is 2. The van der Waals surface area contributed by atoms with E-state index in [1.165, 1.54) is 0 Å². The number of hydrogen-bond acceptors (Lipinski definition) is 3. The van der Waals surface area contributed by atoms with Gasteiger partial charge in [0.15, 0.2) is 0 Å². The predicted octanol–water partition coefficient (Wildman–Crippen LogP) is 1.60. The van der Waals surface area contributed by atoms with Crippen LogP contribution in [0, 0.1) is 13.8 Å². The molecule has 1 saturated heterocycles. The Morgan fingerprint density at radius 3 is 2.52 bits per heavy atom. The Morgan fingerprint density at radius 1 is 1.26 bits per heavy atom. The number of hydrogen-bond donors (Lipinski definition) is 2. The van der Waals surface area contributed by atoms with E-state index in [0.29, 0.717) is 32.5 Å². The standard InChI is InChI=1S/C17H25N3O3/c1-12-6-4-7-13(2)16(12)23-14-10-20(11-14)17(22)19-9-5-8-15(21)18-3/h4,6-7,14H,5,8-11H2,1-3H3,(H,18,21)(H,19,22). The Morgan fingerprint density at radius 2 is 1.91 bits per heavy atom. The highest BCUT2D eigenvalue weighted by Crippen LogP contribution is 2.25. The SMILES string of the molecule is CNC(=O)CCCNC(=O)N1CC(Oc2c(C)cccc2C)C1. The minimum absolute atomic E-state index is 0.00901. The number of rotatable bonds is 6. The number of nitrogens with zero attached hydrogens (tertiary/aromatic N) is 1. The molecular weight excluding hydrogens is 294 g/mol. The van der Waals surface area contributed by atoms with Gasteiger partial charge in [0.1, 0.15) is 11.9 Å². The lowest BCUT2D eigenvalue weighted by molar-refractivity contribution is -0.120. The van der Waals surface area contributed by atoms with Crippen LogP contribution in [0.25, 0.3) is 0 Å². The number of urea groups is 1. The molecule has 2 rings (SSSR count). The molecule has 6 heteroatoms. The van der Waals surface area contributed by atoms with Gasteiger partial charge >= 0.3 is 6.03 Å². The van der Waals surface area contributed by atoms with Gasteiger partial charge in [-0.05, 0) is 31.4 Å². The molecule has 2 N–H and O–H groups in total. The third-order valence-corrected chi connectivity index (χ3v) is 3.96. The normalized spacial score (nSPS) is 14.1. The van der Waals surface area contributed by atoms with Crippen LogP contribution in [0.1, 0.15) is 24.0 Å². The van der Waals surface area contributed by atoms with E-state index in [0.717, 1.165) is 16.9 Å². The van der Waals surface area contributed by atoms with Crippen molar-refractivity contribution in [1.82, 2.24) is 15.5 Å². The summed E-state index contributed by atoms with van der Waals surface area (Å²) in [7, 11) is 1.61. The highest BCUT2D eigenvalue weighted by Gasteiger charge is 2.32. The van der Waals surface area contributed by atoms with Crippen molar-refractivity contribution < 1.29 is 14.3 Å². The smallest absolute Gasteiger partial charge is 0.317 e. The number of carbonyl (C=O) groups excluding carboxylic acids is 2. The van der Waals surface area contributed by atoms with Crippen LogP contribution >= 0.6 is 0 Å². The molecule has 0 atom stereocenters. The summed E-state index contributed by atoms with van der Waals surface area (Å²) in [5.41, 5.74) is 2.23. The van der Waals surface area contributed by atoms with E-state index in [9.17, 15) is 9.59 Å². The molecule has 0 bridgehead atoms. The molecule has 1 aliphatic rings. The average molecular weight is 319 g/mol. The second kappa shape index (κ2) is 7.85. The zero-order valence-electron chi connectivity index (χ0n) is 14.0. The van der Waals surface area contributed by atoms with Crippen molar-refractivity contribution in [2.24, 2.45) is 0 Å². The van der Waals surface area contributed by atoms with E-state index < -0.39 is 0 Å². The van der Waals surface area contributed by atoms with Gasteiger partial charge in [0.2, 0.25) is 5.91 Å². The zero-order chi connectivity index (χ0) is 16.8. The van der Waals surface area contributed by atoms with Crippen molar-refractivity contribution in [3.8, 4) is 5.75 Å². The lowest BCUT2D eigenvalue weighted by Crippen LogP contribution is -2.59. The van der Waals surface area contributed by atoms with Crippen molar-refractivity contribution in [2.45, 2.75) is 32.8 Å². The van der Waals surface area contributed by atoms with Gasteiger partial charge in [-0.25, -0.2) is 4.79 Å². The first-order chi connectivity index (χ1) is 11.0. The minimum Gasteiger partial charge on any atom is -0.486 e. The molecule has 23 heavy (non-hydrogen) atoms. The lowest BCUT2D eigenvalue weighted by atomic mass is 10.1.